The van der Waals surface area contributed by atoms with Crippen molar-refractivity contribution < 1.29 is 27.4 Å². The van der Waals surface area contributed by atoms with Crippen LogP contribution < -0.4 is 19.7 Å². The number of fused-ring (bicyclic) bond motifs is 1. The highest BCUT2D eigenvalue weighted by atomic mass is 19.4. The molecule has 3 heterocycles. The van der Waals surface area contributed by atoms with E-state index in [0.29, 0.717) is 53.5 Å². The first kappa shape index (κ1) is 21.7. The van der Waals surface area contributed by atoms with E-state index in [-0.39, 0.29) is 17.5 Å². The van der Waals surface area contributed by atoms with Gasteiger partial charge in [-0.1, -0.05) is 0 Å². The van der Waals surface area contributed by atoms with E-state index in [0.717, 1.165) is 0 Å². The topological polar surface area (TPSA) is 93.9 Å². The van der Waals surface area contributed by atoms with Crippen molar-refractivity contribution in [2.75, 3.05) is 37.5 Å². The Morgan fingerprint density at radius 3 is 2.31 bits per heavy atom. The number of nitrogens with zero attached hydrogens (tertiary/aromatic N) is 5. The van der Waals surface area contributed by atoms with Gasteiger partial charge >= 0.3 is 6.18 Å². The number of alkyl halides is 3. The maximum Gasteiger partial charge on any atom is 0.453 e. The molecule has 1 aromatic carbocycles. The highest BCUT2D eigenvalue weighted by Gasteiger charge is 2.38. The fraction of sp³-hybridized carbons (Fsp3) is 0.400. The molecule has 2 aromatic heterocycles. The van der Waals surface area contributed by atoms with Gasteiger partial charge in [0.15, 0.2) is 5.65 Å². The Labute approximate surface area is 181 Å². The molecule has 0 spiro atoms. The van der Waals surface area contributed by atoms with Crippen LogP contribution >= 0.6 is 0 Å². The zero-order chi connectivity index (χ0) is 22.9. The van der Waals surface area contributed by atoms with Crippen molar-refractivity contribution in [1.82, 2.24) is 19.8 Å². The summed E-state index contributed by atoms with van der Waals surface area (Å²) in [6.45, 7) is 0.947. The van der Waals surface area contributed by atoms with Crippen LogP contribution in [0.3, 0.4) is 0 Å². The Balaban J connectivity index is 1.42. The number of benzene rings is 1. The van der Waals surface area contributed by atoms with Gasteiger partial charge in [0.1, 0.15) is 17.3 Å². The third kappa shape index (κ3) is 4.39. The molecule has 0 bridgehead atoms. The van der Waals surface area contributed by atoms with Crippen LogP contribution in [0.2, 0.25) is 0 Å². The Hall–Kier alpha value is -3.57. The van der Waals surface area contributed by atoms with Crippen molar-refractivity contribution in [1.29, 1.82) is 0 Å². The number of aromatic nitrogens is 4. The predicted molar refractivity (Wildman–Crippen MR) is 109 cm³/mol. The molecule has 0 saturated carbocycles. The summed E-state index contributed by atoms with van der Waals surface area (Å²) >= 11 is 0. The van der Waals surface area contributed by atoms with Crippen molar-refractivity contribution in [3.8, 4) is 11.5 Å². The van der Waals surface area contributed by atoms with Gasteiger partial charge in [-0.25, -0.2) is 0 Å². The highest BCUT2D eigenvalue weighted by molar-refractivity contribution is 5.93. The Kier molecular flexibility index (Phi) is 5.76. The molecule has 12 heteroatoms. The molecule has 3 aromatic rings. The standard InChI is InChI=1S/C20H21F3N6O3/c1-31-14-9-13(10-15(11-14)32-2)24-18(30)12-5-7-28(8-6-12)17-4-3-16-25-26-19(20(21,22)23)29(16)27-17/h3-4,9-12H,5-8H2,1-2H3,(H,24,30). The van der Waals surface area contributed by atoms with E-state index in [1.807, 2.05) is 4.90 Å². The number of anilines is 2. The first-order chi connectivity index (χ1) is 15.3. The van der Waals surface area contributed by atoms with Gasteiger partial charge in [-0.3, -0.25) is 4.79 Å². The van der Waals surface area contributed by atoms with E-state index in [1.54, 1.807) is 24.3 Å². The molecular formula is C20H21F3N6O3. The Bertz CT molecular complexity index is 1100. The van der Waals surface area contributed by atoms with Gasteiger partial charge in [-0.2, -0.15) is 17.7 Å². The minimum Gasteiger partial charge on any atom is -0.497 e. The van der Waals surface area contributed by atoms with Crippen LogP contribution in [-0.4, -0.2) is 53.0 Å². The van der Waals surface area contributed by atoms with E-state index in [9.17, 15) is 18.0 Å². The molecule has 1 aliphatic heterocycles. The van der Waals surface area contributed by atoms with Crippen molar-refractivity contribution >= 4 is 23.1 Å². The molecule has 0 aliphatic carbocycles. The van der Waals surface area contributed by atoms with E-state index in [2.05, 4.69) is 20.6 Å². The van der Waals surface area contributed by atoms with Gasteiger partial charge in [-0.15, -0.1) is 15.3 Å². The average molecular weight is 450 g/mol. The molecule has 0 atom stereocenters. The maximum absolute atomic E-state index is 13.1. The van der Waals surface area contributed by atoms with Crippen molar-refractivity contribution in [3.05, 3.63) is 36.2 Å². The number of hydrogen-bond acceptors (Lipinski definition) is 7. The van der Waals surface area contributed by atoms with Crippen LogP contribution in [0, 0.1) is 5.92 Å². The van der Waals surface area contributed by atoms with Gasteiger partial charge in [0.25, 0.3) is 5.82 Å². The molecule has 1 saturated heterocycles. The summed E-state index contributed by atoms with van der Waals surface area (Å²) in [6, 6.07) is 8.16. The molecule has 32 heavy (non-hydrogen) atoms. The summed E-state index contributed by atoms with van der Waals surface area (Å²) in [5.74, 6) is -0.0582. The zero-order valence-electron chi connectivity index (χ0n) is 17.4. The van der Waals surface area contributed by atoms with E-state index < -0.39 is 12.0 Å². The highest BCUT2D eigenvalue weighted by Crippen LogP contribution is 2.30. The molecule has 1 amide bonds. The Morgan fingerprint density at radius 1 is 1.06 bits per heavy atom. The molecular weight excluding hydrogens is 429 g/mol. The molecule has 170 valence electrons. The summed E-state index contributed by atoms with van der Waals surface area (Å²) in [5.41, 5.74) is 0.581. The predicted octanol–water partition coefficient (Wildman–Crippen LogP) is 3.02. The normalized spacial score (nSPS) is 15.1. The maximum atomic E-state index is 13.1. The molecule has 1 fully saturated rings. The largest absolute Gasteiger partial charge is 0.497 e. The Morgan fingerprint density at radius 2 is 1.72 bits per heavy atom. The molecule has 9 nitrogen and oxygen atoms in total. The SMILES string of the molecule is COc1cc(NC(=O)C2CCN(c3ccc4nnc(C(F)(F)F)n4n3)CC2)cc(OC)c1. The quantitative estimate of drug-likeness (QED) is 0.639. The summed E-state index contributed by atoms with van der Waals surface area (Å²) < 4.78 is 50.4. The minimum absolute atomic E-state index is 0.0176. The van der Waals surface area contributed by atoms with Gasteiger partial charge in [0, 0.05) is 42.9 Å². The number of carbonyl (C=O) groups excluding carboxylic acids is 1. The number of piperidine rings is 1. The van der Waals surface area contributed by atoms with Crippen molar-refractivity contribution in [2.45, 2.75) is 19.0 Å². The minimum atomic E-state index is -4.65. The second-order valence-corrected chi connectivity index (χ2v) is 7.33. The lowest BCUT2D eigenvalue weighted by Crippen LogP contribution is -2.38. The number of ether oxygens (including phenoxy) is 2. The van der Waals surface area contributed by atoms with Gasteiger partial charge < -0.3 is 19.7 Å². The number of halogens is 3. The molecule has 0 unspecified atom stereocenters. The van der Waals surface area contributed by atoms with E-state index in [4.69, 9.17) is 9.47 Å². The summed E-state index contributed by atoms with van der Waals surface area (Å²) in [4.78, 5) is 14.6. The van der Waals surface area contributed by atoms with Crippen LogP contribution in [0.5, 0.6) is 11.5 Å². The van der Waals surface area contributed by atoms with E-state index in [1.165, 1.54) is 20.3 Å². The van der Waals surface area contributed by atoms with Crippen molar-refractivity contribution in [2.24, 2.45) is 5.92 Å². The second-order valence-electron chi connectivity index (χ2n) is 7.33. The second kappa shape index (κ2) is 8.52. The third-order valence-corrected chi connectivity index (χ3v) is 5.31. The molecule has 1 N–H and O–H groups in total. The first-order valence-corrected chi connectivity index (χ1v) is 9.87. The van der Waals surface area contributed by atoms with Gasteiger partial charge in [0.05, 0.1) is 14.2 Å². The third-order valence-electron chi connectivity index (χ3n) is 5.31. The molecule has 1 aliphatic rings. The average Bonchev–Trinajstić information content (AvgIpc) is 3.22. The lowest BCUT2D eigenvalue weighted by atomic mass is 9.96. The van der Waals surface area contributed by atoms with Crippen molar-refractivity contribution in [3.63, 3.8) is 0 Å². The summed E-state index contributed by atoms with van der Waals surface area (Å²) in [6.07, 6.45) is -3.60. The number of amides is 1. The smallest absolute Gasteiger partial charge is 0.453 e. The van der Waals surface area contributed by atoms with Crippen LogP contribution in [-0.2, 0) is 11.0 Å². The fourth-order valence-corrected chi connectivity index (χ4v) is 3.62. The number of hydrogen-bond donors (Lipinski definition) is 1. The van der Waals surface area contributed by atoms with E-state index >= 15 is 0 Å². The first-order valence-electron chi connectivity index (χ1n) is 9.87. The lowest BCUT2D eigenvalue weighted by Gasteiger charge is -2.32. The fourth-order valence-electron chi connectivity index (χ4n) is 3.62. The number of methoxy groups -OCH3 is 2. The number of carbonyl (C=O) groups is 1. The molecule has 0 radical (unpaired) electrons. The summed E-state index contributed by atoms with van der Waals surface area (Å²) in [7, 11) is 3.05. The van der Waals surface area contributed by atoms with Crippen LogP contribution in [0.25, 0.3) is 5.65 Å². The number of nitrogens with one attached hydrogen (secondary N) is 1. The molecule has 4 rings (SSSR count). The zero-order valence-corrected chi connectivity index (χ0v) is 17.4. The monoisotopic (exact) mass is 450 g/mol. The van der Waals surface area contributed by atoms with Crippen LogP contribution in [0.4, 0.5) is 24.7 Å². The summed E-state index contributed by atoms with van der Waals surface area (Å²) in [5, 5.41) is 13.7. The lowest BCUT2D eigenvalue weighted by molar-refractivity contribution is -0.146. The number of rotatable bonds is 5. The van der Waals surface area contributed by atoms with Gasteiger partial charge in [0.2, 0.25) is 5.91 Å². The van der Waals surface area contributed by atoms with Crippen LogP contribution in [0.15, 0.2) is 30.3 Å². The van der Waals surface area contributed by atoms with Gasteiger partial charge in [-0.05, 0) is 25.0 Å². The van der Waals surface area contributed by atoms with Crippen LogP contribution in [0.1, 0.15) is 18.7 Å².